The Morgan fingerprint density at radius 1 is 1.08 bits per heavy atom. The second kappa shape index (κ2) is 6.80. The standard InChI is InChI=1S/C18H19N3O4S/c1-20(2)14-9-7-13(8-10-14)11-19-17(22)12-21-18(23)15-5-3-4-6-16(15)26(21,24)25/h3-10H,11-12H2,1-2H3,(H,19,22). The van der Waals surface area contributed by atoms with Crippen molar-refractivity contribution >= 4 is 27.5 Å². The first kappa shape index (κ1) is 17.9. The molecule has 3 rings (SSSR count). The van der Waals surface area contributed by atoms with Gasteiger partial charge in [-0.2, -0.15) is 0 Å². The molecule has 2 aromatic rings. The van der Waals surface area contributed by atoms with Gasteiger partial charge in [0.2, 0.25) is 5.91 Å². The molecule has 2 aromatic carbocycles. The van der Waals surface area contributed by atoms with Gasteiger partial charge in [-0.25, -0.2) is 12.7 Å². The van der Waals surface area contributed by atoms with Crippen LogP contribution in [0, 0.1) is 0 Å². The summed E-state index contributed by atoms with van der Waals surface area (Å²) in [4.78, 5) is 26.3. The summed E-state index contributed by atoms with van der Waals surface area (Å²) < 4.78 is 25.5. The van der Waals surface area contributed by atoms with Crippen molar-refractivity contribution in [1.29, 1.82) is 0 Å². The molecule has 1 aliphatic rings. The Hall–Kier alpha value is -2.87. The molecule has 1 heterocycles. The van der Waals surface area contributed by atoms with Gasteiger partial charge in [0, 0.05) is 26.3 Å². The van der Waals surface area contributed by atoms with Gasteiger partial charge in [0.1, 0.15) is 11.4 Å². The monoisotopic (exact) mass is 373 g/mol. The lowest BCUT2D eigenvalue weighted by atomic mass is 10.2. The first-order valence-corrected chi connectivity index (χ1v) is 9.44. The van der Waals surface area contributed by atoms with Gasteiger partial charge in [-0.05, 0) is 29.8 Å². The molecular formula is C18H19N3O4S. The van der Waals surface area contributed by atoms with Crippen molar-refractivity contribution < 1.29 is 18.0 Å². The predicted octanol–water partition coefficient (Wildman–Crippen LogP) is 1.21. The number of carbonyl (C=O) groups is 2. The molecule has 1 N–H and O–H groups in total. The molecule has 8 heteroatoms. The lowest BCUT2D eigenvalue weighted by molar-refractivity contribution is -0.121. The number of hydrogen-bond donors (Lipinski definition) is 1. The van der Waals surface area contributed by atoms with Gasteiger partial charge in [0.05, 0.1) is 5.56 Å². The van der Waals surface area contributed by atoms with E-state index in [0.29, 0.717) is 4.31 Å². The topological polar surface area (TPSA) is 86.8 Å². The zero-order valence-corrected chi connectivity index (χ0v) is 15.3. The van der Waals surface area contributed by atoms with Gasteiger partial charge in [-0.3, -0.25) is 9.59 Å². The maximum atomic E-state index is 12.4. The van der Waals surface area contributed by atoms with Gasteiger partial charge >= 0.3 is 0 Å². The van der Waals surface area contributed by atoms with Crippen molar-refractivity contribution in [1.82, 2.24) is 9.62 Å². The summed E-state index contributed by atoms with van der Waals surface area (Å²) in [7, 11) is -0.106. The van der Waals surface area contributed by atoms with Gasteiger partial charge < -0.3 is 10.2 Å². The van der Waals surface area contributed by atoms with Crippen LogP contribution in [0.3, 0.4) is 0 Å². The van der Waals surface area contributed by atoms with E-state index < -0.39 is 28.4 Å². The number of sulfonamides is 1. The molecular weight excluding hydrogens is 354 g/mol. The van der Waals surface area contributed by atoms with E-state index in [2.05, 4.69) is 5.32 Å². The van der Waals surface area contributed by atoms with Crippen molar-refractivity contribution in [3.8, 4) is 0 Å². The number of rotatable bonds is 5. The van der Waals surface area contributed by atoms with Crippen LogP contribution < -0.4 is 10.2 Å². The molecule has 0 aromatic heterocycles. The molecule has 26 heavy (non-hydrogen) atoms. The number of amides is 2. The van der Waals surface area contributed by atoms with Crippen LogP contribution in [0.5, 0.6) is 0 Å². The third-order valence-corrected chi connectivity index (χ3v) is 5.93. The highest BCUT2D eigenvalue weighted by Crippen LogP contribution is 2.29. The van der Waals surface area contributed by atoms with Crippen molar-refractivity contribution in [2.75, 3.05) is 25.5 Å². The van der Waals surface area contributed by atoms with Crippen LogP contribution >= 0.6 is 0 Å². The Morgan fingerprint density at radius 2 is 1.73 bits per heavy atom. The maximum Gasteiger partial charge on any atom is 0.269 e. The van der Waals surface area contributed by atoms with Crippen LogP contribution in [0.1, 0.15) is 15.9 Å². The van der Waals surface area contributed by atoms with Gasteiger partial charge in [-0.1, -0.05) is 24.3 Å². The average Bonchev–Trinajstić information content (AvgIpc) is 2.81. The zero-order chi connectivity index (χ0) is 18.9. The number of carbonyl (C=O) groups excluding carboxylic acids is 2. The fourth-order valence-corrected chi connectivity index (χ4v) is 4.21. The van der Waals surface area contributed by atoms with Gasteiger partial charge in [0.25, 0.3) is 15.9 Å². The molecule has 0 aliphatic carbocycles. The fraction of sp³-hybridized carbons (Fsp3) is 0.222. The van der Waals surface area contributed by atoms with Crippen LogP contribution in [0.2, 0.25) is 0 Å². The zero-order valence-electron chi connectivity index (χ0n) is 14.5. The Kier molecular flexibility index (Phi) is 4.69. The third-order valence-electron chi connectivity index (χ3n) is 4.14. The minimum atomic E-state index is -3.97. The summed E-state index contributed by atoms with van der Waals surface area (Å²) >= 11 is 0. The minimum Gasteiger partial charge on any atom is -0.378 e. The minimum absolute atomic E-state index is 0.0583. The first-order chi connectivity index (χ1) is 12.3. The molecule has 0 atom stereocenters. The van der Waals surface area contributed by atoms with E-state index in [-0.39, 0.29) is 17.0 Å². The smallest absolute Gasteiger partial charge is 0.269 e. The predicted molar refractivity (Wildman–Crippen MR) is 97.3 cm³/mol. The maximum absolute atomic E-state index is 12.4. The number of fused-ring (bicyclic) bond motifs is 1. The molecule has 0 unspecified atom stereocenters. The van der Waals surface area contributed by atoms with Crippen molar-refractivity contribution in [3.63, 3.8) is 0 Å². The van der Waals surface area contributed by atoms with E-state index in [1.807, 2.05) is 43.3 Å². The Morgan fingerprint density at radius 3 is 2.35 bits per heavy atom. The second-order valence-corrected chi connectivity index (χ2v) is 7.98. The highest BCUT2D eigenvalue weighted by atomic mass is 32.2. The highest BCUT2D eigenvalue weighted by molar-refractivity contribution is 7.90. The normalized spacial score (nSPS) is 14.8. The molecule has 2 amide bonds. The Labute approximate surface area is 152 Å². The number of nitrogens with zero attached hydrogens (tertiary/aromatic N) is 2. The summed E-state index contributed by atoms with van der Waals surface area (Å²) in [6, 6.07) is 13.6. The lowest BCUT2D eigenvalue weighted by Gasteiger charge is -2.15. The van der Waals surface area contributed by atoms with Crippen molar-refractivity contribution in [2.45, 2.75) is 11.4 Å². The average molecular weight is 373 g/mol. The molecule has 136 valence electrons. The van der Waals surface area contributed by atoms with Gasteiger partial charge in [-0.15, -0.1) is 0 Å². The fourth-order valence-electron chi connectivity index (χ4n) is 2.69. The van der Waals surface area contributed by atoms with E-state index in [0.717, 1.165) is 11.3 Å². The molecule has 0 saturated heterocycles. The van der Waals surface area contributed by atoms with E-state index in [1.54, 1.807) is 12.1 Å². The molecule has 0 bridgehead atoms. The van der Waals surface area contributed by atoms with Crippen LogP contribution in [0.15, 0.2) is 53.4 Å². The van der Waals surface area contributed by atoms with Crippen LogP contribution in [-0.2, 0) is 21.4 Å². The highest BCUT2D eigenvalue weighted by Gasteiger charge is 2.41. The second-order valence-electron chi connectivity index (χ2n) is 6.15. The SMILES string of the molecule is CN(C)c1ccc(CNC(=O)CN2C(=O)c3ccccc3S2(=O)=O)cc1. The molecule has 0 radical (unpaired) electrons. The van der Waals surface area contributed by atoms with E-state index >= 15 is 0 Å². The van der Waals surface area contributed by atoms with E-state index in [4.69, 9.17) is 0 Å². The van der Waals surface area contributed by atoms with Crippen molar-refractivity contribution in [3.05, 3.63) is 59.7 Å². The largest absolute Gasteiger partial charge is 0.378 e. The molecule has 1 aliphatic heterocycles. The number of nitrogens with one attached hydrogen (secondary N) is 1. The van der Waals surface area contributed by atoms with Crippen LogP contribution in [0.4, 0.5) is 5.69 Å². The summed E-state index contributed by atoms with van der Waals surface area (Å²) in [6.45, 7) is -0.285. The molecule has 0 saturated carbocycles. The molecule has 7 nitrogen and oxygen atoms in total. The molecule has 0 fully saturated rings. The lowest BCUT2D eigenvalue weighted by Crippen LogP contribution is -2.40. The van der Waals surface area contributed by atoms with Crippen molar-refractivity contribution in [2.24, 2.45) is 0 Å². The quantitative estimate of drug-likeness (QED) is 0.851. The van der Waals surface area contributed by atoms with Crippen LogP contribution in [0.25, 0.3) is 0 Å². The first-order valence-electron chi connectivity index (χ1n) is 8.00. The number of hydrogen-bond acceptors (Lipinski definition) is 5. The summed E-state index contributed by atoms with van der Waals surface area (Å²) in [5, 5.41) is 2.65. The Bertz CT molecular complexity index is 953. The van der Waals surface area contributed by atoms with E-state index in [9.17, 15) is 18.0 Å². The summed E-state index contributed by atoms with van der Waals surface area (Å²) in [5.74, 6) is -1.21. The third kappa shape index (κ3) is 3.28. The Balaban J connectivity index is 1.65. The van der Waals surface area contributed by atoms with Gasteiger partial charge in [0.15, 0.2) is 0 Å². The number of benzene rings is 2. The molecule has 0 spiro atoms. The van der Waals surface area contributed by atoms with E-state index in [1.165, 1.54) is 12.1 Å². The summed E-state index contributed by atoms with van der Waals surface area (Å²) in [6.07, 6.45) is 0. The number of anilines is 1. The van der Waals surface area contributed by atoms with Crippen LogP contribution in [-0.4, -0.2) is 45.2 Å². The summed E-state index contributed by atoms with van der Waals surface area (Å²) in [5.41, 5.74) is 2.01.